The van der Waals surface area contributed by atoms with E-state index in [-0.39, 0.29) is 6.42 Å². The molecule has 1 amide bonds. The lowest BCUT2D eigenvalue weighted by Crippen LogP contribution is -2.60. The molecule has 0 unspecified atom stereocenters. The number of amides is 1. The highest BCUT2D eigenvalue weighted by atomic mass is 32.2. The summed E-state index contributed by atoms with van der Waals surface area (Å²) >= 11 is 0. The normalized spacial score (nSPS) is 35.9. The number of β-lactam (4-membered cyclic amide) rings is 1. The van der Waals surface area contributed by atoms with Crippen molar-refractivity contribution in [2.24, 2.45) is 0 Å². The van der Waals surface area contributed by atoms with E-state index >= 15 is 0 Å². The molecule has 0 aliphatic carbocycles. The fourth-order valence-electron chi connectivity index (χ4n) is 2.21. The molecule has 0 aromatic heterocycles. The number of carbonyl (C=O) groups is 2. The van der Waals surface area contributed by atoms with Gasteiger partial charge in [-0.3, -0.25) is 4.79 Å². The molecule has 0 aromatic rings. The van der Waals surface area contributed by atoms with Crippen LogP contribution in [0.4, 0.5) is 0 Å². The average Bonchev–Trinajstić information content (AvgIpc) is 2.19. The van der Waals surface area contributed by atoms with E-state index in [1.807, 2.05) is 0 Å². The summed E-state index contributed by atoms with van der Waals surface area (Å²) in [5, 5.41) is 9.90. The molecule has 0 N–H and O–H groups in total. The van der Waals surface area contributed by atoms with Gasteiger partial charge in [-0.15, -0.1) is 0 Å². The summed E-state index contributed by atoms with van der Waals surface area (Å²) in [6.45, 7) is 2.63. The summed E-state index contributed by atoms with van der Waals surface area (Å²) < 4.78 is 22.2. The van der Waals surface area contributed by atoms with Gasteiger partial charge in [0, 0.05) is 0 Å². The lowest BCUT2D eigenvalue weighted by molar-refractivity contribution is -0.312. The molecule has 2 saturated heterocycles. The SMILES string of the molecule is CC1(C)[C@@H](C(=O)[O-])N2C(=O)C[C@H]2S1(=O)=O. The number of hydrogen-bond acceptors (Lipinski definition) is 5. The van der Waals surface area contributed by atoms with Crippen LogP contribution < -0.4 is 5.11 Å². The van der Waals surface area contributed by atoms with E-state index in [0.29, 0.717) is 0 Å². The monoisotopic (exact) mass is 232 g/mol. The maximum Gasteiger partial charge on any atom is 0.227 e. The van der Waals surface area contributed by atoms with Gasteiger partial charge in [-0.1, -0.05) is 0 Å². The van der Waals surface area contributed by atoms with Gasteiger partial charge in [0.1, 0.15) is 5.37 Å². The number of nitrogens with zero attached hydrogens (tertiary/aromatic N) is 1. The Morgan fingerprint density at radius 1 is 1.53 bits per heavy atom. The van der Waals surface area contributed by atoms with Crippen molar-refractivity contribution in [2.45, 2.75) is 36.4 Å². The van der Waals surface area contributed by atoms with Crippen molar-refractivity contribution < 1.29 is 23.1 Å². The van der Waals surface area contributed by atoms with Gasteiger partial charge in [0.15, 0.2) is 9.84 Å². The molecule has 6 nitrogen and oxygen atoms in total. The van der Waals surface area contributed by atoms with Crippen LogP contribution in [0.1, 0.15) is 20.3 Å². The second-order valence-electron chi connectivity index (χ2n) is 4.33. The maximum atomic E-state index is 11.9. The topological polar surface area (TPSA) is 94.6 Å². The molecule has 2 heterocycles. The molecular weight excluding hydrogens is 222 g/mol. The summed E-state index contributed by atoms with van der Waals surface area (Å²) in [6.07, 6.45) is -0.116. The fourth-order valence-corrected chi connectivity index (χ4v) is 4.33. The number of aliphatic carboxylic acids is 1. The van der Waals surface area contributed by atoms with Crippen LogP contribution in [0.3, 0.4) is 0 Å². The molecule has 2 aliphatic rings. The third-order valence-corrected chi connectivity index (χ3v) is 6.00. The number of hydrogen-bond donors (Lipinski definition) is 0. The third kappa shape index (κ3) is 0.961. The minimum atomic E-state index is -3.61. The van der Waals surface area contributed by atoms with Gasteiger partial charge in [-0.25, -0.2) is 8.42 Å². The summed E-state index contributed by atoms with van der Waals surface area (Å²) in [6, 6.07) is -1.37. The number of fused-ring (bicyclic) bond motifs is 1. The zero-order chi connectivity index (χ0) is 11.6. The molecule has 2 atom stereocenters. The molecule has 84 valence electrons. The molecule has 2 rings (SSSR count). The van der Waals surface area contributed by atoms with Crippen LogP contribution in [-0.4, -0.2) is 41.4 Å². The lowest BCUT2D eigenvalue weighted by atomic mass is 9.98. The average molecular weight is 232 g/mol. The Labute approximate surface area is 86.8 Å². The number of carboxylic acids is 1. The minimum Gasteiger partial charge on any atom is -0.548 e. The standard InChI is InChI=1S/C8H11NO5S/c1-8(2)6(7(11)12)9-4(10)3-5(9)15(8,13)14/h5-6H,3H2,1-2H3,(H,11,12)/p-1/t5-,6-/m1/s1. The first-order valence-corrected chi connectivity index (χ1v) is 6.01. The van der Waals surface area contributed by atoms with Crippen molar-refractivity contribution in [3.05, 3.63) is 0 Å². The number of carbonyl (C=O) groups excluding carboxylic acids is 2. The molecular formula is C8H10NO5S-. The van der Waals surface area contributed by atoms with E-state index in [4.69, 9.17) is 0 Å². The number of rotatable bonds is 1. The predicted octanol–water partition coefficient (Wildman–Crippen LogP) is -2.13. The highest BCUT2D eigenvalue weighted by molar-refractivity contribution is 7.93. The van der Waals surface area contributed by atoms with Crippen molar-refractivity contribution in [1.29, 1.82) is 0 Å². The Bertz CT molecular complexity index is 452. The van der Waals surface area contributed by atoms with Crippen LogP contribution >= 0.6 is 0 Å². The van der Waals surface area contributed by atoms with Crippen molar-refractivity contribution in [3.63, 3.8) is 0 Å². The molecule has 0 bridgehead atoms. The van der Waals surface area contributed by atoms with E-state index in [1.165, 1.54) is 13.8 Å². The van der Waals surface area contributed by atoms with Crippen molar-refractivity contribution >= 4 is 21.7 Å². The molecule has 2 fully saturated rings. The van der Waals surface area contributed by atoms with Gasteiger partial charge in [-0.2, -0.15) is 0 Å². The van der Waals surface area contributed by atoms with Crippen LogP contribution in [0.25, 0.3) is 0 Å². The fraction of sp³-hybridized carbons (Fsp3) is 0.750. The first kappa shape index (κ1) is 10.4. The van der Waals surface area contributed by atoms with E-state index in [1.54, 1.807) is 0 Å². The molecule has 2 aliphatic heterocycles. The molecule has 0 saturated carbocycles. The second kappa shape index (κ2) is 2.52. The Kier molecular flexibility index (Phi) is 1.75. The maximum absolute atomic E-state index is 11.9. The highest BCUT2D eigenvalue weighted by Crippen LogP contribution is 2.45. The molecule has 0 aromatic carbocycles. The van der Waals surface area contributed by atoms with Gasteiger partial charge in [0.2, 0.25) is 5.91 Å². The van der Waals surface area contributed by atoms with Crippen LogP contribution in [0.15, 0.2) is 0 Å². The van der Waals surface area contributed by atoms with Crippen molar-refractivity contribution in [2.75, 3.05) is 0 Å². The predicted molar refractivity (Wildman–Crippen MR) is 47.0 cm³/mol. The largest absolute Gasteiger partial charge is 0.548 e. The minimum absolute atomic E-state index is 0.116. The third-order valence-electron chi connectivity index (χ3n) is 3.20. The number of carboxylic acid groups (broad SMARTS) is 1. The number of sulfone groups is 1. The van der Waals surface area contributed by atoms with Crippen LogP contribution in [-0.2, 0) is 19.4 Å². The Morgan fingerprint density at radius 2 is 2.07 bits per heavy atom. The molecule has 0 radical (unpaired) electrons. The van der Waals surface area contributed by atoms with Gasteiger partial charge in [0.25, 0.3) is 0 Å². The quantitative estimate of drug-likeness (QED) is 0.481. The van der Waals surface area contributed by atoms with E-state index < -0.39 is 37.9 Å². The highest BCUT2D eigenvalue weighted by Gasteiger charge is 2.65. The zero-order valence-corrected chi connectivity index (χ0v) is 9.08. The van der Waals surface area contributed by atoms with Crippen LogP contribution in [0, 0.1) is 0 Å². The van der Waals surface area contributed by atoms with E-state index in [2.05, 4.69) is 0 Å². The van der Waals surface area contributed by atoms with E-state index in [0.717, 1.165) is 4.90 Å². The van der Waals surface area contributed by atoms with Gasteiger partial charge in [0.05, 0.1) is 23.2 Å². The van der Waals surface area contributed by atoms with Crippen LogP contribution in [0.2, 0.25) is 0 Å². The van der Waals surface area contributed by atoms with Crippen LogP contribution in [0.5, 0.6) is 0 Å². The Hall–Kier alpha value is -1.11. The molecule has 0 spiro atoms. The summed E-state index contributed by atoms with van der Waals surface area (Å²) in [7, 11) is -3.61. The van der Waals surface area contributed by atoms with Gasteiger partial charge in [-0.05, 0) is 13.8 Å². The summed E-state index contributed by atoms with van der Waals surface area (Å²) in [5.41, 5.74) is 0. The summed E-state index contributed by atoms with van der Waals surface area (Å²) in [5.74, 6) is -1.96. The van der Waals surface area contributed by atoms with Crippen molar-refractivity contribution in [1.82, 2.24) is 4.90 Å². The Balaban J connectivity index is 2.57. The summed E-state index contributed by atoms with van der Waals surface area (Å²) in [4.78, 5) is 23.0. The molecule has 15 heavy (non-hydrogen) atoms. The van der Waals surface area contributed by atoms with Gasteiger partial charge < -0.3 is 14.8 Å². The lowest BCUT2D eigenvalue weighted by Gasteiger charge is -2.37. The Morgan fingerprint density at radius 3 is 2.40 bits per heavy atom. The second-order valence-corrected chi connectivity index (χ2v) is 7.02. The zero-order valence-electron chi connectivity index (χ0n) is 8.26. The van der Waals surface area contributed by atoms with E-state index in [9.17, 15) is 23.1 Å². The smallest absolute Gasteiger partial charge is 0.227 e. The first-order valence-electron chi connectivity index (χ1n) is 4.46. The van der Waals surface area contributed by atoms with Crippen molar-refractivity contribution in [3.8, 4) is 0 Å². The van der Waals surface area contributed by atoms with Gasteiger partial charge >= 0.3 is 0 Å². The first-order chi connectivity index (χ1) is 6.71. The molecule has 7 heteroatoms.